The number of hydrogen-bond donors (Lipinski definition) is 0. The molecule has 0 radical (unpaired) electrons. The lowest BCUT2D eigenvalue weighted by Crippen LogP contribution is -2.13. The van der Waals surface area contributed by atoms with Crippen molar-refractivity contribution in [1.29, 1.82) is 0 Å². The molecule has 3 aromatic rings. The lowest BCUT2D eigenvalue weighted by molar-refractivity contribution is 0.549. The highest BCUT2D eigenvalue weighted by Crippen LogP contribution is 2.26. The van der Waals surface area contributed by atoms with Crippen LogP contribution in [0.4, 0.5) is 0 Å². The van der Waals surface area contributed by atoms with E-state index in [1.807, 2.05) is 35.6 Å². The Morgan fingerprint density at radius 1 is 1.33 bits per heavy atom. The maximum atomic E-state index is 6.31. The average Bonchev–Trinajstić information content (AvgIpc) is 3.13. The molecular weight excluding hydrogens is 288 g/mol. The number of aromatic nitrogens is 6. The summed E-state index contributed by atoms with van der Waals surface area (Å²) in [5, 5.41) is 4.41. The van der Waals surface area contributed by atoms with Crippen molar-refractivity contribution in [2.24, 2.45) is 0 Å². The van der Waals surface area contributed by atoms with E-state index in [0.29, 0.717) is 0 Å². The summed E-state index contributed by atoms with van der Waals surface area (Å²) in [7, 11) is 0. The third-order valence-corrected chi connectivity index (χ3v) is 3.82. The van der Waals surface area contributed by atoms with Crippen LogP contribution in [0.1, 0.15) is 30.7 Å². The van der Waals surface area contributed by atoms with Crippen LogP contribution in [-0.2, 0) is 19.6 Å². The van der Waals surface area contributed by atoms with E-state index in [1.165, 1.54) is 0 Å². The van der Waals surface area contributed by atoms with Gasteiger partial charge >= 0.3 is 0 Å². The first-order valence-electron chi connectivity index (χ1n) is 7.15. The quantitative estimate of drug-likeness (QED) is 0.681. The zero-order valence-corrected chi connectivity index (χ0v) is 13.2. The number of hydrogen-bond acceptors (Lipinski definition) is 3. The Hall–Kier alpha value is -1.82. The van der Waals surface area contributed by atoms with Crippen molar-refractivity contribution in [2.45, 2.75) is 45.8 Å². The van der Waals surface area contributed by atoms with Gasteiger partial charge in [-0.1, -0.05) is 0 Å². The first-order chi connectivity index (χ1) is 10.1. The van der Waals surface area contributed by atoms with Gasteiger partial charge in [-0.3, -0.25) is 0 Å². The standard InChI is InChI=1S/C14H19ClN6/c1-4-21-14-12(11(3)18-21)17-13(10(2)15)20(14)8-7-19-6-5-16-9-19/h5-6,9-10H,4,7-8H2,1-3H3. The number of alkyl halides is 1. The molecule has 1 atom stereocenters. The molecule has 0 fully saturated rings. The van der Waals surface area contributed by atoms with Crippen LogP contribution < -0.4 is 0 Å². The monoisotopic (exact) mass is 306 g/mol. The van der Waals surface area contributed by atoms with Gasteiger partial charge in [0.1, 0.15) is 11.3 Å². The predicted octanol–water partition coefficient (Wildman–Crippen LogP) is 2.76. The molecule has 6 nitrogen and oxygen atoms in total. The SMILES string of the molecule is CCn1nc(C)c2nc(C(C)Cl)n(CCn3ccnc3)c21. The van der Waals surface area contributed by atoms with Gasteiger partial charge in [0.15, 0.2) is 5.65 Å². The van der Waals surface area contributed by atoms with Crippen LogP contribution >= 0.6 is 11.6 Å². The van der Waals surface area contributed by atoms with Crippen LogP contribution in [-0.4, -0.2) is 28.9 Å². The van der Waals surface area contributed by atoms with Gasteiger partial charge in [0.2, 0.25) is 0 Å². The molecule has 0 bridgehead atoms. The van der Waals surface area contributed by atoms with Crippen LogP contribution in [0.15, 0.2) is 18.7 Å². The summed E-state index contributed by atoms with van der Waals surface area (Å²) in [5.41, 5.74) is 2.95. The largest absolute Gasteiger partial charge is 0.336 e. The van der Waals surface area contributed by atoms with Crippen molar-refractivity contribution >= 4 is 22.8 Å². The molecule has 0 N–H and O–H groups in total. The summed E-state index contributed by atoms with van der Waals surface area (Å²) in [6, 6.07) is 0. The topological polar surface area (TPSA) is 53.5 Å². The maximum Gasteiger partial charge on any atom is 0.159 e. The van der Waals surface area contributed by atoms with Crippen molar-refractivity contribution in [2.75, 3.05) is 0 Å². The Morgan fingerprint density at radius 3 is 2.76 bits per heavy atom. The molecular formula is C14H19ClN6. The molecule has 1 unspecified atom stereocenters. The number of nitrogens with zero attached hydrogens (tertiary/aromatic N) is 6. The molecule has 0 aliphatic carbocycles. The van der Waals surface area contributed by atoms with E-state index in [9.17, 15) is 0 Å². The number of aryl methyl sites for hydroxylation is 4. The fourth-order valence-corrected chi connectivity index (χ4v) is 2.79. The van der Waals surface area contributed by atoms with Crippen LogP contribution in [0, 0.1) is 6.92 Å². The second-order valence-corrected chi connectivity index (χ2v) is 5.77. The highest BCUT2D eigenvalue weighted by Gasteiger charge is 2.20. The molecule has 3 rings (SSSR count). The zero-order valence-electron chi connectivity index (χ0n) is 12.5. The van der Waals surface area contributed by atoms with Gasteiger partial charge in [0.05, 0.1) is 17.4 Å². The molecule has 3 heterocycles. The Labute approximate surface area is 128 Å². The molecule has 0 aromatic carbocycles. The van der Waals surface area contributed by atoms with Gasteiger partial charge in [-0.25, -0.2) is 14.6 Å². The van der Waals surface area contributed by atoms with Gasteiger partial charge in [0.25, 0.3) is 0 Å². The van der Waals surface area contributed by atoms with Crippen LogP contribution in [0.3, 0.4) is 0 Å². The summed E-state index contributed by atoms with van der Waals surface area (Å²) in [6.45, 7) is 8.47. The summed E-state index contributed by atoms with van der Waals surface area (Å²) in [4.78, 5) is 8.78. The van der Waals surface area contributed by atoms with Crippen LogP contribution in [0.5, 0.6) is 0 Å². The lowest BCUT2D eigenvalue weighted by atomic mass is 10.4. The number of rotatable bonds is 5. The van der Waals surface area contributed by atoms with E-state index in [4.69, 9.17) is 16.6 Å². The molecule has 0 spiro atoms. The summed E-state index contributed by atoms with van der Waals surface area (Å²) in [5.74, 6) is 0.898. The number of halogens is 1. The third kappa shape index (κ3) is 2.44. The Morgan fingerprint density at radius 2 is 2.14 bits per heavy atom. The molecule has 3 aromatic heterocycles. The fourth-order valence-electron chi connectivity index (χ4n) is 2.62. The van der Waals surface area contributed by atoms with E-state index < -0.39 is 0 Å². The smallest absolute Gasteiger partial charge is 0.159 e. The second-order valence-electron chi connectivity index (χ2n) is 5.11. The first-order valence-corrected chi connectivity index (χ1v) is 7.58. The molecule has 0 aliphatic heterocycles. The Kier molecular flexibility index (Phi) is 3.71. The first kappa shape index (κ1) is 14.1. The minimum atomic E-state index is -0.134. The number of fused-ring (bicyclic) bond motifs is 1. The average molecular weight is 307 g/mol. The molecule has 0 aliphatic rings. The molecule has 0 saturated carbocycles. The van der Waals surface area contributed by atoms with Gasteiger partial charge < -0.3 is 9.13 Å². The van der Waals surface area contributed by atoms with Gasteiger partial charge in [-0.05, 0) is 20.8 Å². The summed E-state index contributed by atoms with van der Waals surface area (Å²) < 4.78 is 6.22. The van der Waals surface area contributed by atoms with E-state index in [2.05, 4.69) is 21.6 Å². The Bertz CT molecular complexity index is 737. The van der Waals surface area contributed by atoms with E-state index in [-0.39, 0.29) is 5.38 Å². The minimum absolute atomic E-state index is 0.134. The zero-order chi connectivity index (χ0) is 15.0. The Balaban J connectivity index is 2.06. The van der Waals surface area contributed by atoms with Crippen molar-refractivity contribution in [3.05, 3.63) is 30.2 Å². The maximum absolute atomic E-state index is 6.31. The predicted molar refractivity (Wildman–Crippen MR) is 82.4 cm³/mol. The highest BCUT2D eigenvalue weighted by atomic mass is 35.5. The second kappa shape index (κ2) is 5.52. The van der Waals surface area contributed by atoms with Gasteiger partial charge in [-0.2, -0.15) is 5.10 Å². The van der Waals surface area contributed by atoms with E-state index >= 15 is 0 Å². The molecule has 0 amide bonds. The molecule has 7 heteroatoms. The van der Waals surface area contributed by atoms with Crippen LogP contribution in [0.25, 0.3) is 11.2 Å². The van der Waals surface area contributed by atoms with Crippen molar-refractivity contribution < 1.29 is 0 Å². The third-order valence-electron chi connectivity index (χ3n) is 3.62. The minimum Gasteiger partial charge on any atom is -0.336 e. The molecule has 21 heavy (non-hydrogen) atoms. The molecule has 0 saturated heterocycles. The van der Waals surface area contributed by atoms with Crippen molar-refractivity contribution in [3.63, 3.8) is 0 Å². The van der Waals surface area contributed by atoms with E-state index in [1.54, 1.807) is 6.20 Å². The lowest BCUT2D eigenvalue weighted by Gasteiger charge is -2.12. The highest BCUT2D eigenvalue weighted by molar-refractivity contribution is 6.20. The van der Waals surface area contributed by atoms with Gasteiger partial charge in [0, 0.05) is 32.0 Å². The molecule has 112 valence electrons. The number of imidazole rings is 2. The van der Waals surface area contributed by atoms with E-state index in [0.717, 1.165) is 42.3 Å². The van der Waals surface area contributed by atoms with Crippen molar-refractivity contribution in [1.82, 2.24) is 28.9 Å². The van der Waals surface area contributed by atoms with Gasteiger partial charge in [-0.15, -0.1) is 11.6 Å². The fraction of sp³-hybridized carbons (Fsp3) is 0.500. The van der Waals surface area contributed by atoms with Crippen LogP contribution in [0.2, 0.25) is 0 Å². The normalized spacial score (nSPS) is 13.1. The summed E-state index contributed by atoms with van der Waals surface area (Å²) >= 11 is 6.31. The summed E-state index contributed by atoms with van der Waals surface area (Å²) in [6.07, 6.45) is 5.57. The van der Waals surface area contributed by atoms with Crippen molar-refractivity contribution in [3.8, 4) is 0 Å².